The van der Waals surface area contributed by atoms with Crippen molar-refractivity contribution in [1.29, 1.82) is 0 Å². The number of hydrogen-bond donors (Lipinski definition) is 3. The Morgan fingerprint density at radius 1 is 1.45 bits per heavy atom. The van der Waals surface area contributed by atoms with Crippen molar-refractivity contribution in [2.24, 2.45) is 5.73 Å². The average molecular weight is 276 g/mol. The number of aryl methyl sites for hydroxylation is 1. The summed E-state index contributed by atoms with van der Waals surface area (Å²) in [5, 5.41) is 11.3. The Labute approximate surface area is 116 Å². The van der Waals surface area contributed by atoms with Gasteiger partial charge in [-0.05, 0) is 24.6 Å². The van der Waals surface area contributed by atoms with E-state index in [1.165, 1.54) is 0 Å². The Morgan fingerprint density at radius 3 is 2.85 bits per heavy atom. The van der Waals surface area contributed by atoms with E-state index in [1.54, 1.807) is 18.2 Å². The van der Waals surface area contributed by atoms with E-state index in [4.69, 9.17) is 10.8 Å². The van der Waals surface area contributed by atoms with Gasteiger partial charge in [0, 0.05) is 5.56 Å². The molecule has 0 unspecified atom stereocenters. The molecule has 0 saturated carbocycles. The van der Waals surface area contributed by atoms with Crippen LogP contribution in [0.15, 0.2) is 18.2 Å². The van der Waals surface area contributed by atoms with Crippen molar-refractivity contribution < 1.29 is 19.4 Å². The van der Waals surface area contributed by atoms with E-state index in [2.05, 4.69) is 21.9 Å². The molecular formula is C14H16N2O4. The molecule has 1 aromatic carbocycles. The smallest absolute Gasteiger partial charge is 0.404 e. The maximum atomic E-state index is 12.0. The zero-order valence-corrected chi connectivity index (χ0v) is 11.1. The van der Waals surface area contributed by atoms with Crippen LogP contribution in [0, 0.1) is 18.8 Å². The minimum absolute atomic E-state index is 0.00455. The van der Waals surface area contributed by atoms with Crippen LogP contribution in [0.4, 0.5) is 4.79 Å². The summed E-state index contributed by atoms with van der Waals surface area (Å²) in [7, 11) is 0. The number of primary amides is 1. The molecule has 20 heavy (non-hydrogen) atoms. The number of benzene rings is 1. The van der Waals surface area contributed by atoms with E-state index in [9.17, 15) is 9.59 Å². The van der Waals surface area contributed by atoms with Crippen molar-refractivity contribution in [3.63, 3.8) is 0 Å². The monoisotopic (exact) mass is 276 g/mol. The van der Waals surface area contributed by atoms with E-state index in [0.717, 1.165) is 5.56 Å². The third-order valence-electron chi connectivity index (χ3n) is 2.35. The summed E-state index contributed by atoms with van der Waals surface area (Å²) < 4.78 is 4.51. The van der Waals surface area contributed by atoms with Crippen LogP contribution < -0.4 is 11.1 Å². The summed E-state index contributed by atoms with van der Waals surface area (Å²) in [6, 6.07) is 5.21. The molecule has 6 nitrogen and oxygen atoms in total. The maximum Gasteiger partial charge on any atom is 0.404 e. The summed E-state index contributed by atoms with van der Waals surface area (Å²) in [6.45, 7) is 1.76. The molecular weight excluding hydrogens is 260 g/mol. The fourth-order valence-corrected chi connectivity index (χ4v) is 1.51. The van der Waals surface area contributed by atoms with Gasteiger partial charge in [-0.25, -0.2) is 4.79 Å². The van der Waals surface area contributed by atoms with Crippen LogP contribution in [0.25, 0.3) is 0 Å². The molecule has 0 fully saturated rings. The lowest BCUT2D eigenvalue weighted by Crippen LogP contribution is -2.29. The van der Waals surface area contributed by atoms with Crippen LogP contribution in [0.2, 0.25) is 0 Å². The van der Waals surface area contributed by atoms with Gasteiger partial charge < -0.3 is 20.9 Å². The van der Waals surface area contributed by atoms with Crippen molar-refractivity contribution >= 4 is 12.0 Å². The molecule has 0 saturated heterocycles. The topological polar surface area (TPSA) is 102 Å². The summed E-state index contributed by atoms with van der Waals surface area (Å²) in [4.78, 5) is 22.3. The number of rotatable bonds is 4. The number of carbonyl (C=O) groups excluding carboxylic acids is 2. The number of ether oxygens (including phenoxy) is 1. The van der Waals surface area contributed by atoms with E-state index in [1.807, 2.05) is 6.92 Å². The Kier molecular flexibility index (Phi) is 6.07. The largest absolute Gasteiger partial charge is 0.448 e. The van der Waals surface area contributed by atoms with Crippen LogP contribution in [0.3, 0.4) is 0 Å². The van der Waals surface area contributed by atoms with E-state index in [-0.39, 0.29) is 25.7 Å². The molecule has 4 N–H and O–H groups in total. The number of aliphatic hydroxyl groups is 1. The highest BCUT2D eigenvalue weighted by atomic mass is 16.5. The highest BCUT2D eigenvalue weighted by Gasteiger charge is 2.10. The Bertz CT molecular complexity index is 558. The third-order valence-corrected chi connectivity index (χ3v) is 2.35. The first-order valence-electron chi connectivity index (χ1n) is 5.95. The lowest BCUT2D eigenvalue weighted by atomic mass is 10.0. The molecule has 0 spiro atoms. The Balaban J connectivity index is 2.74. The fourth-order valence-electron chi connectivity index (χ4n) is 1.51. The van der Waals surface area contributed by atoms with Crippen LogP contribution in [-0.2, 0) is 4.74 Å². The number of nitrogens with one attached hydrogen (secondary N) is 1. The molecule has 0 aliphatic carbocycles. The quantitative estimate of drug-likeness (QED) is 0.538. The van der Waals surface area contributed by atoms with Crippen molar-refractivity contribution in [2.45, 2.75) is 6.92 Å². The molecule has 0 aliphatic rings. The van der Waals surface area contributed by atoms with Gasteiger partial charge in [-0.15, -0.1) is 0 Å². The van der Waals surface area contributed by atoms with E-state index in [0.29, 0.717) is 11.1 Å². The van der Waals surface area contributed by atoms with Gasteiger partial charge in [0.05, 0.1) is 12.1 Å². The van der Waals surface area contributed by atoms with Gasteiger partial charge in [0.25, 0.3) is 5.91 Å². The van der Waals surface area contributed by atoms with Gasteiger partial charge in [-0.3, -0.25) is 4.79 Å². The first-order chi connectivity index (χ1) is 9.54. The summed E-state index contributed by atoms with van der Waals surface area (Å²) >= 11 is 0. The van der Waals surface area contributed by atoms with E-state index < -0.39 is 6.09 Å². The van der Waals surface area contributed by atoms with Gasteiger partial charge in [0.2, 0.25) is 0 Å². The zero-order chi connectivity index (χ0) is 15.0. The summed E-state index contributed by atoms with van der Waals surface area (Å²) in [6.07, 6.45) is -0.885. The minimum atomic E-state index is -0.885. The first kappa shape index (κ1) is 15.5. The van der Waals surface area contributed by atoms with Gasteiger partial charge in [0.15, 0.2) is 0 Å². The predicted octanol–water partition coefficient (Wildman–Crippen LogP) is 0.164. The Hall–Kier alpha value is -2.52. The van der Waals surface area contributed by atoms with Crippen LogP contribution >= 0.6 is 0 Å². The molecule has 1 aromatic rings. The molecule has 106 valence electrons. The number of nitrogens with two attached hydrogens (primary N) is 1. The minimum Gasteiger partial charge on any atom is -0.448 e. The summed E-state index contributed by atoms with van der Waals surface area (Å²) in [5.41, 5.74) is 6.69. The van der Waals surface area contributed by atoms with Crippen molar-refractivity contribution in [3.05, 3.63) is 34.9 Å². The first-order valence-corrected chi connectivity index (χ1v) is 5.95. The maximum absolute atomic E-state index is 12.0. The number of carbonyl (C=O) groups is 2. The number of aliphatic hydroxyl groups excluding tert-OH is 1. The van der Waals surface area contributed by atoms with Gasteiger partial charge in [-0.2, -0.15) is 0 Å². The van der Waals surface area contributed by atoms with Crippen molar-refractivity contribution in [2.75, 3.05) is 19.8 Å². The van der Waals surface area contributed by atoms with Crippen LogP contribution in [0.5, 0.6) is 0 Å². The van der Waals surface area contributed by atoms with Gasteiger partial charge in [0.1, 0.15) is 13.2 Å². The Morgan fingerprint density at radius 2 is 2.20 bits per heavy atom. The standard InChI is InChI=1S/C14H16N2O4/c1-10-4-5-12(11(9-10)3-2-7-17)13(18)16-6-8-20-14(15)19/h4-5,9,17H,6-8H2,1H3,(H2,15,19)(H,16,18). The highest BCUT2D eigenvalue weighted by molar-refractivity contribution is 5.96. The lowest BCUT2D eigenvalue weighted by Gasteiger charge is -2.07. The number of hydrogen-bond acceptors (Lipinski definition) is 4. The average Bonchev–Trinajstić information content (AvgIpc) is 2.41. The normalized spacial score (nSPS) is 9.30. The van der Waals surface area contributed by atoms with Gasteiger partial charge >= 0.3 is 6.09 Å². The molecule has 0 aliphatic heterocycles. The van der Waals surface area contributed by atoms with E-state index >= 15 is 0 Å². The lowest BCUT2D eigenvalue weighted by molar-refractivity contribution is 0.0936. The molecule has 0 heterocycles. The number of amides is 2. The van der Waals surface area contributed by atoms with Crippen LogP contribution in [-0.4, -0.2) is 36.9 Å². The molecule has 0 aromatic heterocycles. The third kappa shape index (κ3) is 5.00. The molecule has 0 bridgehead atoms. The fraction of sp³-hybridized carbons (Fsp3) is 0.286. The van der Waals surface area contributed by atoms with Crippen LogP contribution in [0.1, 0.15) is 21.5 Å². The summed E-state index contributed by atoms with van der Waals surface area (Å²) in [5.74, 6) is 4.90. The molecule has 0 radical (unpaired) electrons. The second kappa shape index (κ2) is 7.81. The zero-order valence-electron chi connectivity index (χ0n) is 11.1. The second-order valence-corrected chi connectivity index (χ2v) is 3.93. The molecule has 1 rings (SSSR count). The second-order valence-electron chi connectivity index (χ2n) is 3.93. The SMILES string of the molecule is Cc1ccc(C(=O)NCCOC(N)=O)c(C#CCO)c1. The van der Waals surface area contributed by atoms with Gasteiger partial charge in [-0.1, -0.05) is 17.9 Å². The molecule has 0 atom stereocenters. The predicted molar refractivity (Wildman–Crippen MR) is 73.0 cm³/mol. The highest BCUT2D eigenvalue weighted by Crippen LogP contribution is 2.10. The molecule has 2 amide bonds. The van der Waals surface area contributed by atoms with Crippen molar-refractivity contribution in [1.82, 2.24) is 5.32 Å². The van der Waals surface area contributed by atoms with Crippen molar-refractivity contribution in [3.8, 4) is 11.8 Å². The molecule has 6 heteroatoms.